The fourth-order valence-corrected chi connectivity index (χ4v) is 3.38. The van der Waals surface area contributed by atoms with Crippen molar-refractivity contribution in [3.8, 4) is 11.1 Å². The average Bonchev–Trinajstić information content (AvgIpc) is 3.28. The lowest BCUT2D eigenvalue weighted by atomic mass is 9.87. The second-order valence-corrected chi connectivity index (χ2v) is 7.25. The standard InChI is InChI=1S/C22H23N3O3/c1-22(12-27-16-28-13-22)21(26)20(25-15-23-14-24-25)11-17-7-9-19(10-8-17)18-5-3-2-4-6-18/h2-10,14-15,26H,11-13,16H2,1H3. The quantitative estimate of drug-likeness (QED) is 0.683. The van der Waals surface area contributed by atoms with Crippen LogP contribution in [-0.2, 0) is 15.9 Å². The highest BCUT2D eigenvalue weighted by Crippen LogP contribution is 2.33. The zero-order chi connectivity index (χ0) is 19.4. The van der Waals surface area contributed by atoms with E-state index < -0.39 is 5.41 Å². The van der Waals surface area contributed by atoms with Gasteiger partial charge in [-0.1, -0.05) is 54.6 Å². The van der Waals surface area contributed by atoms with E-state index in [4.69, 9.17) is 9.47 Å². The molecule has 28 heavy (non-hydrogen) atoms. The molecule has 0 amide bonds. The molecule has 0 saturated carbocycles. The van der Waals surface area contributed by atoms with Gasteiger partial charge in [0.25, 0.3) is 0 Å². The van der Waals surface area contributed by atoms with Gasteiger partial charge < -0.3 is 14.6 Å². The predicted molar refractivity (Wildman–Crippen MR) is 106 cm³/mol. The highest BCUT2D eigenvalue weighted by Gasteiger charge is 2.36. The van der Waals surface area contributed by atoms with Crippen LogP contribution in [0.15, 0.2) is 73.0 Å². The Kier molecular flexibility index (Phi) is 5.23. The molecule has 2 aromatic carbocycles. The summed E-state index contributed by atoms with van der Waals surface area (Å²) in [4.78, 5) is 4.03. The molecule has 0 radical (unpaired) electrons. The first-order valence-electron chi connectivity index (χ1n) is 9.23. The third-order valence-electron chi connectivity index (χ3n) is 4.98. The van der Waals surface area contributed by atoms with Gasteiger partial charge in [-0.3, -0.25) is 0 Å². The highest BCUT2D eigenvalue weighted by atomic mass is 16.7. The first-order valence-corrected chi connectivity index (χ1v) is 9.23. The zero-order valence-corrected chi connectivity index (χ0v) is 15.8. The molecule has 1 aromatic heterocycles. The number of hydrogen-bond donors (Lipinski definition) is 1. The van der Waals surface area contributed by atoms with Gasteiger partial charge in [-0.25, -0.2) is 9.67 Å². The molecular weight excluding hydrogens is 354 g/mol. The molecule has 144 valence electrons. The smallest absolute Gasteiger partial charge is 0.146 e. The Morgan fingerprint density at radius 1 is 1.04 bits per heavy atom. The maximum atomic E-state index is 11.1. The lowest BCUT2D eigenvalue weighted by molar-refractivity contribution is -0.155. The first-order chi connectivity index (χ1) is 13.7. The van der Waals surface area contributed by atoms with Crippen molar-refractivity contribution in [1.29, 1.82) is 0 Å². The number of benzene rings is 2. The van der Waals surface area contributed by atoms with E-state index in [0.717, 1.165) is 11.1 Å². The predicted octanol–water partition coefficient (Wildman–Crippen LogP) is 3.93. The second-order valence-electron chi connectivity index (χ2n) is 7.25. The van der Waals surface area contributed by atoms with Gasteiger partial charge in [0.05, 0.1) is 24.3 Å². The molecule has 0 atom stereocenters. The number of aliphatic hydroxyl groups excluding tert-OH is 1. The number of aromatic nitrogens is 3. The molecular formula is C22H23N3O3. The van der Waals surface area contributed by atoms with E-state index in [2.05, 4.69) is 46.5 Å². The highest BCUT2D eigenvalue weighted by molar-refractivity contribution is 5.64. The minimum Gasteiger partial charge on any atom is -0.510 e. The average molecular weight is 377 g/mol. The van der Waals surface area contributed by atoms with Crippen LogP contribution in [0.2, 0.25) is 0 Å². The molecule has 1 fully saturated rings. The van der Waals surface area contributed by atoms with Crippen molar-refractivity contribution in [3.05, 3.63) is 78.6 Å². The summed E-state index contributed by atoms with van der Waals surface area (Å²) < 4.78 is 12.5. The summed E-state index contributed by atoms with van der Waals surface area (Å²) in [5.41, 5.74) is 3.44. The maximum absolute atomic E-state index is 11.1. The van der Waals surface area contributed by atoms with E-state index in [0.29, 0.717) is 25.3 Å². The number of hydrogen-bond acceptors (Lipinski definition) is 5. The summed E-state index contributed by atoms with van der Waals surface area (Å²) in [6, 6.07) is 18.6. The van der Waals surface area contributed by atoms with Crippen molar-refractivity contribution in [1.82, 2.24) is 14.8 Å². The van der Waals surface area contributed by atoms with Crippen LogP contribution < -0.4 is 0 Å². The van der Waals surface area contributed by atoms with Crippen LogP contribution in [0.1, 0.15) is 12.5 Å². The fraction of sp³-hybridized carbons (Fsp3) is 0.273. The fourth-order valence-electron chi connectivity index (χ4n) is 3.38. The number of allylic oxidation sites excluding steroid dienone is 1. The molecule has 0 bridgehead atoms. The van der Waals surface area contributed by atoms with Gasteiger partial charge in [0.15, 0.2) is 0 Å². The number of aliphatic hydroxyl groups is 1. The summed E-state index contributed by atoms with van der Waals surface area (Å²) in [7, 11) is 0. The summed E-state index contributed by atoms with van der Waals surface area (Å²) in [6.45, 7) is 2.97. The topological polar surface area (TPSA) is 69.4 Å². The summed E-state index contributed by atoms with van der Waals surface area (Å²) in [5.74, 6) is 0.213. The van der Waals surface area contributed by atoms with Crippen LogP contribution in [0.4, 0.5) is 0 Å². The van der Waals surface area contributed by atoms with Gasteiger partial charge in [0.1, 0.15) is 25.2 Å². The van der Waals surface area contributed by atoms with E-state index in [-0.39, 0.29) is 12.6 Å². The van der Waals surface area contributed by atoms with Crippen molar-refractivity contribution < 1.29 is 14.6 Å². The van der Waals surface area contributed by atoms with Gasteiger partial charge in [-0.2, -0.15) is 5.10 Å². The molecule has 0 unspecified atom stereocenters. The Labute approximate surface area is 164 Å². The van der Waals surface area contributed by atoms with Crippen LogP contribution >= 0.6 is 0 Å². The van der Waals surface area contributed by atoms with Gasteiger partial charge in [0.2, 0.25) is 0 Å². The molecule has 3 aromatic rings. The number of rotatable bonds is 5. The summed E-state index contributed by atoms with van der Waals surface area (Å²) in [5, 5.41) is 15.3. The monoisotopic (exact) mass is 377 g/mol. The minimum atomic E-state index is -0.622. The number of ether oxygens (including phenoxy) is 2. The Hall–Kier alpha value is -2.96. The van der Waals surface area contributed by atoms with Crippen LogP contribution in [0.3, 0.4) is 0 Å². The van der Waals surface area contributed by atoms with E-state index in [1.807, 2.05) is 25.1 Å². The van der Waals surface area contributed by atoms with Crippen molar-refractivity contribution >= 4 is 5.70 Å². The molecule has 6 nitrogen and oxygen atoms in total. The maximum Gasteiger partial charge on any atom is 0.146 e. The van der Waals surface area contributed by atoms with Crippen molar-refractivity contribution in [3.63, 3.8) is 0 Å². The number of nitrogens with zero attached hydrogens (tertiary/aromatic N) is 3. The third kappa shape index (κ3) is 3.83. The Morgan fingerprint density at radius 3 is 2.36 bits per heavy atom. The van der Waals surface area contributed by atoms with Crippen molar-refractivity contribution in [2.24, 2.45) is 5.41 Å². The molecule has 0 spiro atoms. The molecule has 1 saturated heterocycles. The molecule has 1 N–H and O–H groups in total. The molecule has 4 rings (SSSR count). The Bertz CT molecular complexity index is 929. The first kappa shape index (κ1) is 18.4. The zero-order valence-electron chi connectivity index (χ0n) is 15.8. The van der Waals surface area contributed by atoms with Crippen molar-refractivity contribution in [2.45, 2.75) is 13.3 Å². The SMILES string of the molecule is CC1(C(O)=C(Cc2ccc(-c3ccccc3)cc2)n2cncn2)COCOC1. The van der Waals surface area contributed by atoms with Crippen LogP contribution in [0.25, 0.3) is 16.8 Å². The van der Waals surface area contributed by atoms with E-state index >= 15 is 0 Å². The molecule has 2 heterocycles. The summed E-state index contributed by atoms with van der Waals surface area (Å²) in [6.07, 6.45) is 3.57. The summed E-state index contributed by atoms with van der Waals surface area (Å²) >= 11 is 0. The lowest BCUT2D eigenvalue weighted by Gasteiger charge is -2.33. The molecule has 6 heteroatoms. The van der Waals surface area contributed by atoms with Crippen LogP contribution in [0, 0.1) is 5.41 Å². The Morgan fingerprint density at radius 2 is 1.71 bits per heavy atom. The van der Waals surface area contributed by atoms with Crippen LogP contribution in [-0.4, -0.2) is 39.9 Å². The van der Waals surface area contributed by atoms with E-state index in [1.165, 1.54) is 11.9 Å². The van der Waals surface area contributed by atoms with Crippen molar-refractivity contribution in [2.75, 3.05) is 20.0 Å². The normalized spacial score (nSPS) is 17.2. The minimum absolute atomic E-state index is 0.213. The Balaban J connectivity index is 1.64. The second kappa shape index (κ2) is 7.96. The molecule has 0 aliphatic carbocycles. The van der Waals surface area contributed by atoms with Crippen LogP contribution in [0.5, 0.6) is 0 Å². The largest absolute Gasteiger partial charge is 0.510 e. The molecule has 1 aliphatic rings. The van der Waals surface area contributed by atoms with Gasteiger partial charge >= 0.3 is 0 Å². The van der Waals surface area contributed by atoms with Gasteiger partial charge in [-0.05, 0) is 23.6 Å². The van der Waals surface area contributed by atoms with E-state index in [9.17, 15) is 5.11 Å². The van der Waals surface area contributed by atoms with Gasteiger partial charge in [-0.15, -0.1) is 0 Å². The molecule has 1 aliphatic heterocycles. The van der Waals surface area contributed by atoms with Gasteiger partial charge in [0, 0.05) is 6.42 Å². The third-order valence-corrected chi connectivity index (χ3v) is 4.98. The lowest BCUT2D eigenvalue weighted by Crippen LogP contribution is -2.37. The van der Waals surface area contributed by atoms with E-state index in [1.54, 1.807) is 11.0 Å².